The quantitative estimate of drug-likeness (QED) is 0.770. The molecule has 18 heavy (non-hydrogen) atoms. The van der Waals surface area contributed by atoms with E-state index in [1.54, 1.807) is 0 Å². The molecule has 0 aromatic rings. The zero-order valence-electron chi connectivity index (χ0n) is 13.0. The lowest BCUT2D eigenvalue weighted by Crippen LogP contribution is -2.46. The smallest absolute Gasteiger partial charge is 0.407 e. The van der Waals surface area contributed by atoms with Gasteiger partial charge in [-0.3, -0.25) is 0 Å². The van der Waals surface area contributed by atoms with Crippen LogP contribution in [0, 0.1) is 5.92 Å². The highest BCUT2D eigenvalue weighted by atomic mass is 16.6. The average Bonchev–Trinajstić information content (AvgIpc) is 2.20. The summed E-state index contributed by atoms with van der Waals surface area (Å²) >= 11 is 0. The van der Waals surface area contributed by atoms with Crippen LogP contribution in [-0.4, -0.2) is 30.3 Å². The second-order valence-electron chi connectivity index (χ2n) is 6.21. The molecule has 0 fully saturated rings. The van der Waals surface area contributed by atoms with Crippen LogP contribution in [0.5, 0.6) is 0 Å². The first kappa shape index (κ1) is 17.2. The van der Waals surface area contributed by atoms with Gasteiger partial charge in [0.15, 0.2) is 0 Å². The number of amides is 1. The molecule has 0 spiro atoms. The zero-order chi connectivity index (χ0) is 14.3. The first-order valence-corrected chi connectivity index (χ1v) is 6.88. The number of nitrogens with one attached hydrogen (secondary N) is 2. The van der Waals surface area contributed by atoms with Crippen molar-refractivity contribution in [3.05, 3.63) is 0 Å². The lowest BCUT2D eigenvalue weighted by Gasteiger charge is -2.26. The molecule has 0 saturated heterocycles. The summed E-state index contributed by atoms with van der Waals surface area (Å²) in [5.41, 5.74) is -0.440. The van der Waals surface area contributed by atoms with Gasteiger partial charge in [0.05, 0.1) is 0 Å². The second kappa shape index (κ2) is 7.62. The monoisotopic (exact) mass is 258 g/mol. The van der Waals surface area contributed by atoms with Gasteiger partial charge >= 0.3 is 6.09 Å². The van der Waals surface area contributed by atoms with Crippen molar-refractivity contribution in [3.63, 3.8) is 0 Å². The molecule has 2 N–H and O–H groups in total. The van der Waals surface area contributed by atoms with Gasteiger partial charge in [-0.2, -0.15) is 0 Å². The standard InChI is InChI=1S/C14H30N2O2/c1-8-12(10(2)3)16-11(4)9-15-13(17)18-14(5,6)7/h10-12,16H,8-9H2,1-7H3,(H,15,17). The van der Waals surface area contributed by atoms with E-state index >= 15 is 0 Å². The Morgan fingerprint density at radius 1 is 1.22 bits per heavy atom. The van der Waals surface area contributed by atoms with Gasteiger partial charge in [-0.25, -0.2) is 4.79 Å². The highest BCUT2D eigenvalue weighted by molar-refractivity contribution is 5.67. The Kier molecular flexibility index (Phi) is 7.29. The van der Waals surface area contributed by atoms with Crippen LogP contribution in [0.4, 0.5) is 4.79 Å². The fourth-order valence-electron chi connectivity index (χ4n) is 1.76. The lowest BCUT2D eigenvalue weighted by atomic mass is 10.0. The third kappa shape index (κ3) is 8.34. The van der Waals surface area contributed by atoms with Crippen LogP contribution in [0.3, 0.4) is 0 Å². The van der Waals surface area contributed by atoms with Gasteiger partial charge in [0.2, 0.25) is 0 Å². The van der Waals surface area contributed by atoms with E-state index in [4.69, 9.17) is 4.74 Å². The summed E-state index contributed by atoms with van der Waals surface area (Å²) in [5, 5.41) is 6.30. The Bertz CT molecular complexity index is 247. The minimum Gasteiger partial charge on any atom is -0.444 e. The maximum atomic E-state index is 11.5. The van der Waals surface area contributed by atoms with Crippen molar-refractivity contribution in [3.8, 4) is 0 Å². The highest BCUT2D eigenvalue weighted by Crippen LogP contribution is 2.07. The Hall–Kier alpha value is -0.770. The van der Waals surface area contributed by atoms with E-state index in [1.165, 1.54) is 0 Å². The van der Waals surface area contributed by atoms with Crippen LogP contribution in [-0.2, 0) is 4.74 Å². The third-order valence-corrected chi connectivity index (χ3v) is 2.69. The summed E-state index contributed by atoms with van der Waals surface area (Å²) in [4.78, 5) is 11.5. The number of rotatable bonds is 6. The molecule has 4 heteroatoms. The lowest BCUT2D eigenvalue weighted by molar-refractivity contribution is 0.0522. The van der Waals surface area contributed by atoms with Crippen LogP contribution in [0.1, 0.15) is 54.9 Å². The van der Waals surface area contributed by atoms with E-state index in [2.05, 4.69) is 38.3 Å². The normalized spacial score (nSPS) is 15.3. The first-order valence-electron chi connectivity index (χ1n) is 6.88. The highest BCUT2D eigenvalue weighted by Gasteiger charge is 2.17. The number of carbonyl (C=O) groups excluding carboxylic acids is 1. The van der Waals surface area contributed by atoms with E-state index in [0.29, 0.717) is 18.5 Å². The molecule has 2 atom stereocenters. The van der Waals surface area contributed by atoms with Gasteiger partial charge in [0.25, 0.3) is 0 Å². The predicted octanol–water partition coefficient (Wildman–Crippen LogP) is 2.92. The molecule has 0 aromatic heterocycles. The fraction of sp³-hybridized carbons (Fsp3) is 0.929. The van der Waals surface area contributed by atoms with Gasteiger partial charge in [0.1, 0.15) is 5.60 Å². The van der Waals surface area contributed by atoms with Crippen molar-refractivity contribution in [2.45, 2.75) is 72.6 Å². The maximum absolute atomic E-state index is 11.5. The van der Waals surface area contributed by atoms with Crippen molar-refractivity contribution in [2.24, 2.45) is 5.92 Å². The topological polar surface area (TPSA) is 50.4 Å². The van der Waals surface area contributed by atoms with Gasteiger partial charge in [0, 0.05) is 18.6 Å². The molecule has 0 aliphatic rings. The van der Waals surface area contributed by atoms with Crippen LogP contribution in [0.15, 0.2) is 0 Å². The van der Waals surface area contributed by atoms with Gasteiger partial charge in [-0.1, -0.05) is 20.8 Å². The molecule has 0 radical (unpaired) electrons. The van der Waals surface area contributed by atoms with Crippen LogP contribution < -0.4 is 10.6 Å². The summed E-state index contributed by atoms with van der Waals surface area (Å²) in [5.74, 6) is 0.596. The molecule has 0 aliphatic carbocycles. The fourth-order valence-corrected chi connectivity index (χ4v) is 1.76. The molecule has 0 aliphatic heterocycles. The molecular formula is C14H30N2O2. The molecule has 4 nitrogen and oxygen atoms in total. The number of hydrogen-bond acceptors (Lipinski definition) is 3. The van der Waals surface area contributed by atoms with E-state index in [1.807, 2.05) is 20.8 Å². The van der Waals surface area contributed by atoms with Gasteiger partial charge < -0.3 is 15.4 Å². The molecule has 108 valence electrons. The van der Waals surface area contributed by atoms with Crippen molar-refractivity contribution >= 4 is 6.09 Å². The molecule has 2 unspecified atom stereocenters. The Morgan fingerprint density at radius 2 is 1.78 bits per heavy atom. The molecule has 1 amide bonds. The van der Waals surface area contributed by atoms with Crippen molar-refractivity contribution in [1.82, 2.24) is 10.6 Å². The Balaban J connectivity index is 3.96. The zero-order valence-corrected chi connectivity index (χ0v) is 13.0. The Labute approximate surface area is 112 Å². The molecular weight excluding hydrogens is 228 g/mol. The summed E-state index contributed by atoms with van der Waals surface area (Å²) in [7, 11) is 0. The molecule has 0 saturated carbocycles. The van der Waals surface area contributed by atoms with Crippen LogP contribution >= 0.6 is 0 Å². The van der Waals surface area contributed by atoms with E-state index in [0.717, 1.165) is 6.42 Å². The van der Waals surface area contributed by atoms with Crippen LogP contribution in [0.25, 0.3) is 0 Å². The summed E-state index contributed by atoms with van der Waals surface area (Å²) in [6.07, 6.45) is 0.739. The van der Waals surface area contributed by atoms with E-state index in [-0.39, 0.29) is 12.1 Å². The maximum Gasteiger partial charge on any atom is 0.407 e. The van der Waals surface area contributed by atoms with Crippen molar-refractivity contribution < 1.29 is 9.53 Å². The van der Waals surface area contributed by atoms with Crippen molar-refractivity contribution in [2.75, 3.05) is 6.54 Å². The van der Waals surface area contributed by atoms with Gasteiger partial charge in [-0.15, -0.1) is 0 Å². The second-order valence-corrected chi connectivity index (χ2v) is 6.21. The van der Waals surface area contributed by atoms with Crippen molar-refractivity contribution in [1.29, 1.82) is 0 Å². The molecule has 0 bridgehead atoms. The minimum atomic E-state index is -0.440. The molecule has 0 aromatic carbocycles. The molecule has 0 rings (SSSR count). The first-order chi connectivity index (χ1) is 8.15. The van der Waals surface area contributed by atoms with E-state index < -0.39 is 5.60 Å². The third-order valence-electron chi connectivity index (χ3n) is 2.69. The summed E-state index contributed by atoms with van der Waals surface area (Å²) < 4.78 is 5.19. The Morgan fingerprint density at radius 3 is 2.17 bits per heavy atom. The number of carbonyl (C=O) groups is 1. The summed E-state index contributed by atoms with van der Waals surface area (Å²) in [6, 6.07) is 0.727. The number of hydrogen-bond donors (Lipinski definition) is 2. The average molecular weight is 258 g/mol. The predicted molar refractivity (Wildman–Crippen MR) is 75.8 cm³/mol. The minimum absolute atomic E-state index is 0.241. The van der Waals surface area contributed by atoms with Crippen LogP contribution in [0.2, 0.25) is 0 Å². The van der Waals surface area contributed by atoms with E-state index in [9.17, 15) is 4.79 Å². The number of alkyl carbamates (subject to hydrolysis) is 1. The SMILES string of the molecule is CCC(NC(C)CNC(=O)OC(C)(C)C)C(C)C. The van der Waals surface area contributed by atoms with Gasteiger partial charge in [-0.05, 0) is 40.0 Å². The largest absolute Gasteiger partial charge is 0.444 e. The number of ether oxygens (including phenoxy) is 1. The molecule has 0 heterocycles. The summed E-state index contributed by atoms with van der Waals surface area (Å²) in [6.45, 7) is 14.8.